The van der Waals surface area contributed by atoms with Crippen LogP contribution in [0.15, 0.2) is 144 Å². The van der Waals surface area contributed by atoms with Crippen LogP contribution in [0, 0.1) is 0 Å². The summed E-state index contributed by atoms with van der Waals surface area (Å²) in [4.78, 5) is 2.56. The van der Waals surface area contributed by atoms with Gasteiger partial charge in [0.2, 0.25) is 0 Å². The van der Waals surface area contributed by atoms with Crippen molar-refractivity contribution in [3.8, 4) is 11.1 Å². The molecule has 0 amide bonds. The molecule has 2 heteroatoms. The van der Waals surface area contributed by atoms with Crippen LogP contribution in [0.3, 0.4) is 0 Å². The zero-order valence-corrected chi connectivity index (χ0v) is 22.5. The van der Waals surface area contributed by atoms with Crippen molar-refractivity contribution in [1.82, 2.24) is 0 Å². The van der Waals surface area contributed by atoms with Gasteiger partial charge in [-0.1, -0.05) is 121 Å². The van der Waals surface area contributed by atoms with E-state index in [-0.39, 0.29) is 0 Å². The molecule has 0 fully saturated rings. The smallest absolute Gasteiger partial charge is 0.0348 e. The van der Waals surface area contributed by atoms with Crippen molar-refractivity contribution in [2.45, 2.75) is 0 Å². The standard InChI is InChI=1S/C36H26S2/c1-3-9-31(10-4-1)33(35-13-7-23-37-35)25-27-15-19-29(20-16-27)30-21-17-28(18-22-30)26-34(36-14-8-24-38-36)32-11-5-2-6-12-32/h1-26H/b33-25+,34-26+. The Bertz CT molecular complexity index is 1510. The zero-order valence-electron chi connectivity index (χ0n) is 20.8. The molecule has 182 valence electrons. The van der Waals surface area contributed by atoms with Crippen molar-refractivity contribution < 1.29 is 0 Å². The molecule has 0 nitrogen and oxygen atoms in total. The minimum Gasteiger partial charge on any atom is -0.144 e. The van der Waals surface area contributed by atoms with Crippen molar-refractivity contribution >= 4 is 46.0 Å². The highest BCUT2D eigenvalue weighted by molar-refractivity contribution is 7.11. The third-order valence-electron chi connectivity index (χ3n) is 6.52. The lowest BCUT2D eigenvalue weighted by Crippen LogP contribution is -1.86. The van der Waals surface area contributed by atoms with Crippen LogP contribution in [0.25, 0.3) is 34.4 Å². The third-order valence-corrected chi connectivity index (χ3v) is 8.33. The van der Waals surface area contributed by atoms with Crippen LogP contribution < -0.4 is 0 Å². The fraction of sp³-hybridized carbons (Fsp3) is 0. The molecule has 6 rings (SSSR count). The fourth-order valence-electron chi connectivity index (χ4n) is 4.57. The first-order chi connectivity index (χ1) is 18.8. The Morgan fingerprint density at radius 1 is 0.395 bits per heavy atom. The summed E-state index contributed by atoms with van der Waals surface area (Å²) in [6.45, 7) is 0. The van der Waals surface area contributed by atoms with Gasteiger partial charge in [0.1, 0.15) is 0 Å². The molecular formula is C36H26S2. The van der Waals surface area contributed by atoms with Gasteiger partial charge in [0.05, 0.1) is 0 Å². The molecule has 0 saturated heterocycles. The molecule has 0 aliphatic carbocycles. The van der Waals surface area contributed by atoms with Crippen LogP contribution in [-0.2, 0) is 0 Å². The second kappa shape index (κ2) is 11.4. The van der Waals surface area contributed by atoms with Crippen LogP contribution in [0.4, 0.5) is 0 Å². The summed E-state index contributed by atoms with van der Waals surface area (Å²) >= 11 is 3.55. The van der Waals surface area contributed by atoms with Crippen LogP contribution in [-0.4, -0.2) is 0 Å². The van der Waals surface area contributed by atoms with Gasteiger partial charge < -0.3 is 0 Å². The minimum absolute atomic E-state index is 1.20. The van der Waals surface area contributed by atoms with E-state index in [0.29, 0.717) is 0 Å². The SMILES string of the molecule is C(=C(/c1ccccc1)c1cccs1)/c1ccc(-c2ccc(/C=C(\c3ccccc3)c3cccs3)cc2)cc1. The number of rotatable bonds is 7. The number of hydrogen-bond donors (Lipinski definition) is 0. The minimum atomic E-state index is 1.20. The summed E-state index contributed by atoms with van der Waals surface area (Å²) in [5.74, 6) is 0. The van der Waals surface area contributed by atoms with Crippen molar-refractivity contribution in [3.05, 3.63) is 176 Å². The number of benzene rings is 4. The molecule has 2 heterocycles. The van der Waals surface area contributed by atoms with Crippen LogP contribution in [0.2, 0.25) is 0 Å². The lowest BCUT2D eigenvalue weighted by Gasteiger charge is -2.08. The van der Waals surface area contributed by atoms with Gasteiger partial charge in [-0.2, -0.15) is 0 Å². The summed E-state index contributed by atoms with van der Waals surface area (Å²) in [6.07, 6.45) is 4.57. The normalized spacial score (nSPS) is 12.0. The largest absolute Gasteiger partial charge is 0.144 e. The van der Waals surface area contributed by atoms with E-state index >= 15 is 0 Å². The van der Waals surface area contributed by atoms with Gasteiger partial charge in [0.25, 0.3) is 0 Å². The van der Waals surface area contributed by atoms with E-state index in [2.05, 4.69) is 156 Å². The Kier molecular flexibility index (Phi) is 7.26. The van der Waals surface area contributed by atoms with Crippen LogP contribution in [0.5, 0.6) is 0 Å². The van der Waals surface area contributed by atoms with Gasteiger partial charge >= 0.3 is 0 Å². The Morgan fingerprint density at radius 3 is 1.13 bits per heavy atom. The highest BCUT2D eigenvalue weighted by atomic mass is 32.1. The molecule has 0 radical (unpaired) electrons. The van der Waals surface area contributed by atoms with Gasteiger partial charge in [-0.3, -0.25) is 0 Å². The fourth-order valence-corrected chi connectivity index (χ4v) is 6.10. The Hall–Kier alpha value is -4.24. The van der Waals surface area contributed by atoms with Crippen molar-refractivity contribution in [1.29, 1.82) is 0 Å². The summed E-state index contributed by atoms with van der Waals surface area (Å²) in [6, 6.07) is 47.6. The third kappa shape index (κ3) is 5.52. The Morgan fingerprint density at radius 2 is 0.789 bits per heavy atom. The predicted octanol–water partition coefficient (Wildman–Crippen LogP) is 10.7. The molecule has 0 bridgehead atoms. The Labute approximate surface area is 232 Å². The van der Waals surface area contributed by atoms with Gasteiger partial charge in [-0.25, -0.2) is 0 Å². The molecule has 0 aliphatic rings. The monoisotopic (exact) mass is 522 g/mol. The average Bonchev–Trinajstić information content (AvgIpc) is 3.72. The van der Waals surface area contributed by atoms with E-state index in [1.165, 1.54) is 54.3 Å². The summed E-state index contributed by atoms with van der Waals surface area (Å²) in [5.41, 5.74) is 9.82. The second-order valence-electron chi connectivity index (χ2n) is 9.05. The first-order valence-electron chi connectivity index (χ1n) is 12.7. The van der Waals surface area contributed by atoms with Crippen LogP contribution >= 0.6 is 22.7 Å². The van der Waals surface area contributed by atoms with Crippen LogP contribution in [0.1, 0.15) is 32.0 Å². The summed E-state index contributed by atoms with van der Waals surface area (Å²) < 4.78 is 0. The zero-order chi connectivity index (χ0) is 25.6. The van der Waals surface area contributed by atoms with Gasteiger partial charge in [0, 0.05) is 9.75 Å². The molecule has 0 unspecified atom stereocenters. The molecule has 38 heavy (non-hydrogen) atoms. The molecule has 0 atom stereocenters. The maximum Gasteiger partial charge on any atom is 0.0348 e. The number of thiophene rings is 2. The molecule has 4 aromatic carbocycles. The summed E-state index contributed by atoms with van der Waals surface area (Å²) in [7, 11) is 0. The number of hydrogen-bond acceptors (Lipinski definition) is 2. The van der Waals surface area contributed by atoms with Crippen molar-refractivity contribution in [2.75, 3.05) is 0 Å². The van der Waals surface area contributed by atoms with E-state index in [9.17, 15) is 0 Å². The van der Waals surface area contributed by atoms with Gasteiger partial charge in [-0.15, -0.1) is 22.7 Å². The van der Waals surface area contributed by atoms with Crippen molar-refractivity contribution in [3.63, 3.8) is 0 Å². The highest BCUT2D eigenvalue weighted by Crippen LogP contribution is 2.32. The van der Waals surface area contributed by atoms with E-state index in [1.807, 2.05) is 0 Å². The lowest BCUT2D eigenvalue weighted by atomic mass is 9.98. The van der Waals surface area contributed by atoms with E-state index < -0.39 is 0 Å². The maximum absolute atomic E-state index is 2.29. The average molecular weight is 523 g/mol. The topological polar surface area (TPSA) is 0 Å². The highest BCUT2D eigenvalue weighted by Gasteiger charge is 2.08. The van der Waals surface area contributed by atoms with E-state index in [4.69, 9.17) is 0 Å². The Balaban J connectivity index is 1.27. The summed E-state index contributed by atoms with van der Waals surface area (Å²) in [5, 5.41) is 4.27. The molecule has 0 aliphatic heterocycles. The molecule has 2 aromatic heterocycles. The maximum atomic E-state index is 2.29. The first-order valence-corrected chi connectivity index (χ1v) is 14.4. The molecule has 0 N–H and O–H groups in total. The second-order valence-corrected chi connectivity index (χ2v) is 10.9. The molecule has 0 spiro atoms. The predicted molar refractivity (Wildman–Crippen MR) is 167 cm³/mol. The molecule has 0 saturated carbocycles. The first kappa shape index (κ1) is 24.1. The quantitative estimate of drug-likeness (QED) is 0.183. The molecule has 6 aromatic rings. The molecular weight excluding hydrogens is 497 g/mol. The van der Waals surface area contributed by atoms with E-state index in [0.717, 1.165) is 0 Å². The van der Waals surface area contributed by atoms with Gasteiger partial charge in [-0.05, 0) is 79.6 Å². The van der Waals surface area contributed by atoms with E-state index in [1.54, 1.807) is 22.7 Å². The lowest BCUT2D eigenvalue weighted by molar-refractivity contribution is 1.57. The van der Waals surface area contributed by atoms with Crippen molar-refractivity contribution in [2.24, 2.45) is 0 Å². The van der Waals surface area contributed by atoms with Gasteiger partial charge in [0.15, 0.2) is 0 Å².